The number of Topliss-reactive ketones (excluding diaryl/α,β-unsaturated/α-hetero) is 1. The fraction of sp³-hybridized carbons (Fsp3) is 0.409. The summed E-state index contributed by atoms with van der Waals surface area (Å²) >= 11 is 1.11. The number of esters is 1. The van der Waals surface area contributed by atoms with Crippen molar-refractivity contribution in [1.29, 1.82) is 0 Å². The number of methoxy groups -OCH3 is 1. The van der Waals surface area contributed by atoms with Gasteiger partial charge in [0.15, 0.2) is 17.3 Å². The second kappa shape index (κ2) is 11.4. The molecule has 0 fully saturated rings. The molecule has 0 saturated heterocycles. The van der Waals surface area contributed by atoms with Crippen molar-refractivity contribution in [3.63, 3.8) is 0 Å². The van der Waals surface area contributed by atoms with Gasteiger partial charge in [0.05, 0.1) is 7.11 Å². The minimum atomic E-state index is -0.555. The van der Waals surface area contributed by atoms with E-state index in [0.29, 0.717) is 5.75 Å². The lowest BCUT2D eigenvalue weighted by atomic mass is 10.1. The molecule has 150 valence electrons. The molecule has 1 heterocycles. The number of nitrogens with zero attached hydrogens (tertiary/aromatic N) is 1. The van der Waals surface area contributed by atoms with E-state index in [9.17, 15) is 9.59 Å². The van der Waals surface area contributed by atoms with E-state index in [1.807, 2.05) is 18.2 Å². The average molecular weight is 402 g/mol. The Balaban J connectivity index is 1.91. The van der Waals surface area contributed by atoms with E-state index in [2.05, 4.69) is 35.7 Å². The number of allylic oxidation sites excluding steroid dienone is 1. The summed E-state index contributed by atoms with van der Waals surface area (Å²) < 4.78 is 10.2. The van der Waals surface area contributed by atoms with Gasteiger partial charge in [-0.1, -0.05) is 44.4 Å². The molecule has 0 spiro atoms. The number of ether oxygens (including phenoxy) is 2. The molecule has 0 amide bonds. The Bertz CT molecular complexity index is 826. The van der Waals surface area contributed by atoms with Crippen LogP contribution in [-0.2, 0) is 4.74 Å². The summed E-state index contributed by atoms with van der Waals surface area (Å²) in [4.78, 5) is 27.7. The Morgan fingerprint density at radius 3 is 2.79 bits per heavy atom. The predicted molar refractivity (Wildman–Crippen MR) is 112 cm³/mol. The third-order valence-corrected chi connectivity index (χ3v) is 5.16. The van der Waals surface area contributed by atoms with Gasteiger partial charge in [0.2, 0.25) is 5.78 Å². The SMILES string of the molecule is CCCCCCC=Cc1cc(OCC(=O)c2nc(C(=O)OC)cs2)ccc1C. The maximum absolute atomic E-state index is 12.2. The number of rotatable bonds is 11. The Morgan fingerprint density at radius 2 is 2.04 bits per heavy atom. The number of aromatic nitrogens is 1. The van der Waals surface area contributed by atoms with E-state index >= 15 is 0 Å². The van der Waals surface area contributed by atoms with Gasteiger partial charge in [-0.2, -0.15) is 0 Å². The normalized spacial score (nSPS) is 11.0. The number of benzene rings is 1. The molecule has 0 aliphatic rings. The number of ketones is 1. The van der Waals surface area contributed by atoms with Crippen molar-refractivity contribution >= 4 is 29.2 Å². The zero-order chi connectivity index (χ0) is 20.4. The van der Waals surface area contributed by atoms with Gasteiger partial charge in [-0.05, 0) is 43.0 Å². The molecular weight excluding hydrogens is 374 g/mol. The Hall–Kier alpha value is -2.47. The van der Waals surface area contributed by atoms with Gasteiger partial charge in [-0.15, -0.1) is 11.3 Å². The highest BCUT2D eigenvalue weighted by atomic mass is 32.1. The van der Waals surface area contributed by atoms with Crippen LogP contribution in [0, 0.1) is 6.92 Å². The fourth-order valence-corrected chi connectivity index (χ4v) is 3.31. The maximum atomic E-state index is 12.2. The third kappa shape index (κ3) is 6.60. The van der Waals surface area contributed by atoms with Crippen LogP contribution in [0.25, 0.3) is 6.08 Å². The molecule has 0 atom stereocenters. The Labute approximate surface area is 170 Å². The molecule has 0 bridgehead atoms. The highest BCUT2D eigenvalue weighted by Crippen LogP contribution is 2.20. The van der Waals surface area contributed by atoms with Gasteiger partial charge in [0.1, 0.15) is 5.75 Å². The smallest absolute Gasteiger partial charge is 0.357 e. The first-order chi connectivity index (χ1) is 13.5. The number of carbonyl (C=O) groups excluding carboxylic acids is 2. The van der Waals surface area contributed by atoms with Gasteiger partial charge in [0.25, 0.3) is 0 Å². The van der Waals surface area contributed by atoms with Gasteiger partial charge < -0.3 is 9.47 Å². The van der Waals surface area contributed by atoms with Crippen LogP contribution in [0.1, 0.15) is 70.4 Å². The molecule has 0 aliphatic carbocycles. The highest BCUT2D eigenvalue weighted by molar-refractivity contribution is 7.12. The van der Waals surface area contributed by atoms with E-state index < -0.39 is 5.97 Å². The van der Waals surface area contributed by atoms with E-state index in [1.165, 1.54) is 38.2 Å². The van der Waals surface area contributed by atoms with E-state index in [0.717, 1.165) is 28.9 Å². The van der Waals surface area contributed by atoms with Crippen molar-refractivity contribution in [2.75, 3.05) is 13.7 Å². The minimum absolute atomic E-state index is 0.128. The molecule has 0 N–H and O–H groups in total. The quantitative estimate of drug-likeness (QED) is 0.283. The number of unbranched alkanes of at least 4 members (excludes halogenated alkanes) is 4. The van der Waals surface area contributed by atoms with Crippen LogP contribution in [-0.4, -0.2) is 30.5 Å². The van der Waals surface area contributed by atoms with Crippen molar-refractivity contribution in [3.8, 4) is 5.75 Å². The second-order valence-electron chi connectivity index (χ2n) is 6.51. The fourth-order valence-electron chi connectivity index (χ4n) is 2.60. The van der Waals surface area contributed by atoms with Crippen molar-refractivity contribution in [2.24, 2.45) is 0 Å². The molecule has 1 aromatic heterocycles. The van der Waals surface area contributed by atoms with Gasteiger partial charge >= 0.3 is 5.97 Å². The zero-order valence-corrected chi connectivity index (χ0v) is 17.5. The van der Waals surface area contributed by atoms with Gasteiger partial charge in [0, 0.05) is 5.38 Å². The average Bonchev–Trinajstić information content (AvgIpc) is 3.20. The van der Waals surface area contributed by atoms with Crippen LogP contribution in [0.4, 0.5) is 0 Å². The summed E-state index contributed by atoms with van der Waals surface area (Å²) in [5.74, 6) is -0.191. The van der Waals surface area contributed by atoms with Crippen molar-refractivity contribution < 1.29 is 19.1 Å². The van der Waals surface area contributed by atoms with Crippen LogP contribution in [0.5, 0.6) is 5.75 Å². The zero-order valence-electron chi connectivity index (χ0n) is 16.7. The summed E-state index contributed by atoms with van der Waals surface area (Å²) in [5.41, 5.74) is 2.38. The molecule has 0 unspecified atom stereocenters. The molecule has 2 aromatic rings. The molecular formula is C22H27NO4S. The van der Waals surface area contributed by atoms with E-state index in [4.69, 9.17) is 4.74 Å². The number of thiazole rings is 1. The number of hydrogen-bond donors (Lipinski definition) is 0. The molecule has 1 aromatic carbocycles. The summed E-state index contributed by atoms with van der Waals surface area (Å²) in [7, 11) is 1.28. The summed E-state index contributed by atoms with van der Waals surface area (Å²) in [6.45, 7) is 4.13. The summed E-state index contributed by atoms with van der Waals surface area (Å²) in [6, 6.07) is 5.77. The van der Waals surface area contributed by atoms with Crippen molar-refractivity contribution in [2.45, 2.75) is 46.0 Å². The topological polar surface area (TPSA) is 65.5 Å². The molecule has 0 saturated carbocycles. The van der Waals surface area contributed by atoms with Crippen LogP contribution >= 0.6 is 11.3 Å². The number of hydrogen-bond acceptors (Lipinski definition) is 6. The Morgan fingerprint density at radius 1 is 1.21 bits per heavy atom. The number of carbonyl (C=O) groups is 2. The van der Waals surface area contributed by atoms with Crippen LogP contribution in [0.15, 0.2) is 29.7 Å². The highest BCUT2D eigenvalue weighted by Gasteiger charge is 2.16. The van der Waals surface area contributed by atoms with E-state index in [-0.39, 0.29) is 23.1 Å². The van der Waals surface area contributed by atoms with Gasteiger partial charge in [-0.3, -0.25) is 4.79 Å². The summed E-state index contributed by atoms with van der Waals surface area (Å²) in [6.07, 6.45) is 10.4. The monoisotopic (exact) mass is 401 g/mol. The molecule has 5 nitrogen and oxygen atoms in total. The summed E-state index contributed by atoms with van der Waals surface area (Å²) in [5, 5.41) is 1.74. The first-order valence-corrected chi connectivity index (χ1v) is 10.4. The van der Waals surface area contributed by atoms with E-state index in [1.54, 1.807) is 0 Å². The maximum Gasteiger partial charge on any atom is 0.357 e. The van der Waals surface area contributed by atoms with Crippen LogP contribution in [0.2, 0.25) is 0 Å². The predicted octanol–water partition coefficient (Wildman–Crippen LogP) is 5.48. The van der Waals surface area contributed by atoms with Crippen molar-refractivity contribution in [3.05, 3.63) is 51.5 Å². The standard InChI is InChI=1S/C22H27NO4S/c1-4-5-6-7-8-9-10-17-13-18(12-11-16(17)2)27-14-20(24)21-23-19(15-28-21)22(25)26-3/h9-13,15H,4-8,14H2,1-3H3. The minimum Gasteiger partial charge on any atom is -0.485 e. The first kappa shape index (κ1) is 21.8. The molecule has 2 rings (SSSR count). The van der Waals surface area contributed by atoms with Crippen LogP contribution in [0.3, 0.4) is 0 Å². The number of aryl methyl sites for hydroxylation is 1. The largest absolute Gasteiger partial charge is 0.485 e. The molecule has 0 radical (unpaired) electrons. The lowest BCUT2D eigenvalue weighted by molar-refractivity contribution is 0.0595. The molecule has 0 aliphatic heterocycles. The van der Waals surface area contributed by atoms with Crippen LogP contribution < -0.4 is 4.74 Å². The first-order valence-electron chi connectivity index (χ1n) is 9.52. The third-order valence-electron chi connectivity index (χ3n) is 4.28. The lowest BCUT2D eigenvalue weighted by Crippen LogP contribution is -2.12. The van der Waals surface area contributed by atoms with Gasteiger partial charge in [-0.25, -0.2) is 9.78 Å². The lowest BCUT2D eigenvalue weighted by Gasteiger charge is -2.07. The molecule has 6 heteroatoms. The molecule has 28 heavy (non-hydrogen) atoms. The second-order valence-corrected chi connectivity index (χ2v) is 7.37. The van der Waals surface area contributed by atoms with Crippen molar-refractivity contribution in [1.82, 2.24) is 4.98 Å². The Kier molecular flexibility index (Phi) is 8.88.